The molecule has 0 N–H and O–H groups in total. The summed E-state index contributed by atoms with van der Waals surface area (Å²) in [5.74, 6) is 6.52. The average Bonchev–Trinajstić information content (AvgIpc) is 3.27. The van der Waals surface area contributed by atoms with Gasteiger partial charge in [0, 0.05) is 49.6 Å². The van der Waals surface area contributed by atoms with Crippen molar-refractivity contribution in [2.24, 2.45) is 0 Å². The first kappa shape index (κ1) is 23.0. The normalized spacial score (nSPS) is 14.0. The van der Waals surface area contributed by atoms with E-state index in [1.807, 2.05) is 35.7 Å². The highest BCUT2D eigenvalue weighted by Crippen LogP contribution is 2.17. The molecule has 1 saturated heterocycles. The number of ether oxygens (including phenoxy) is 1. The van der Waals surface area contributed by atoms with Crippen LogP contribution in [0.2, 0.25) is 0 Å². The minimum atomic E-state index is 0.0943. The molecule has 35 heavy (non-hydrogen) atoms. The van der Waals surface area contributed by atoms with Crippen molar-refractivity contribution in [3.05, 3.63) is 100 Å². The topological polar surface area (TPSA) is 59.7 Å². The van der Waals surface area contributed by atoms with E-state index in [1.165, 1.54) is 11.1 Å². The van der Waals surface area contributed by atoms with E-state index < -0.39 is 0 Å². The number of Topliss-reactive ketones (excluding diaryl/α,β-unsaturated/α-hetero) is 1. The number of benzene rings is 2. The van der Waals surface area contributed by atoms with Crippen molar-refractivity contribution in [2.45, 2.75) is 26.8 Å². The van der Waals surface area contributed by atoms with Crippen molar-refractivity contribution in [1.29, 1.82) is 0 Å². The summed E-state index contributed by atoms with van der Waals surface area (Å²) in [4.78, 5) is 24.0. The first-order valence-electron chi connectivity index (χ1n) is 11.9. The number of fused-ring (bicyclic) bond motifs is 1. The fraction of sp³-hybridized carbons (Fsp3) is 0.276. The smallest absolute Gasteiger partial charge is 0.167 e. The van der Waals surface area contributed by atoms with Crippen LogP contribution in [0.5, 0.6) is 0 Å². The Morgan fingerprint density at radius 2 is 1.86 bits per heavy atom. The maximum atomic E-state index is 13.2. The molecule has 2 aromatic carbocycles. The summed E-state index contributed by atoms with van der Waals surface area (Å²) in [6.45, 7) is 8.44. The number of rotatable bonds is 5. The number of hydrogen-bond acceptors (Lipinski definition) is 5. The third-order valence-corrected chi connectivity index (χ3v) is 6.27. The third-order valence-electron chi connectivity index (χ3n) is 6.27. The molecule has 6 heteroatoms. The van der Waals surface area contributed by atoms with Gasteiger partial charge in [0.2, 0.25) is 0 Å². The fourth-order valence-corrected chi connectivity index (χ4v) is 4.44. The molecule has 1 aliphatic rings. The first-order chi connectivity index (χ1) is 17.0. The number of hydrogen-bond donors (Lipinski definition) is 0. The van der Waals surface area contributed by atoms with Gasteiger partial charge < -0.3 is 4.74 Å². The Bertz CT molecular complexity index is 1440. The second-order valence-corrected chi connectivity index (χ2v) is 9.04. The summed E-state index contributed by atoms with van der Waals surface area (Å²) in [5.41, 5.74) is 7.56. The molecule has 5 rings (SSSR count). The van der Waals surface area contributed by atoms with Crippen molar-refractivity contribution >= 4 is 11.4 Å². The SMILES string of the molecule is Cc1cc(CC(=O)c2ccc(C)c(C#Cc3cnc4cnccn34)c2)cc(CN2CCOCC2)c1. The summed E-state index contributed by atoms with van der Waals surface area (Å²) in [5, 5.41) is 0. The lowest BCUT2D eigenvalue weighted by molar-refractivity contribution is 0.0342. The number of imidazole rings is 1. The van der Waals surface area contributed by atoms with Gasteiger partial charge in [0.1, 0.15) is 5.69 Å². The number of ketones is 1. The molecule has 1 aliphatic heterocycles. The number of carbonyl (C=O) groups excluding carboxylic acids is 1. The van der Waals surface area contributed by atoms with Gasteiger partial charge in [0.05, 0.1) is 25.6 Å². The predicted molar refractivity (Wildman–Crippen MR) is 135 cm³/mol. The van der Waals surface area contributed by atoms with Gasteiger partial charge in [-0.3, -0.25) is 19.1 Å². The number of aryl methyl sites for hydroxylation is 2. The summed E-state index contributed by atoms with van der Waals surface area (Å²) < 4.78 is 7.36. The van der Waals surface area contributed by atoms with Crippen molar-refractivity contribution in [3.8, 4) is 11.8 Å². The molecule has 3 heterocycles. The molecule has 4 aromatic rings. The number of morpholine rings is 1. The van der Waals surface area contributed by atoms with E-state index in [4.69, 9.17) is 4.74 Å². The maximum absolute atomic E-state index is 13.2. The summed E-state index contributed by atoms with van der Waals surface area (Å²) in [6.07, 6.45) is 7.36. The molecule has 0 radical (unpaired) electrons. The minimum Gasteiger partial charge on any atom is -0.379 e. The molecule has 0 aliphatic carbocycles. The molecular weight excluding hydrogens is 436 g/mol. The monoisotopic (exact) mass is 464 g/mol. The van der Waals surface area contributed by atoms with Crippen LogP contribution < -0.4 is 0 Å². The van der Waals surface area contributed by atoms with Crippen LogP contribution in [0.3, 0.4) is 0 Å². The number of aromatic nitrogens is 3. The standard InChI is InChI=1S/C29H28N4O2/c1-21-13-23(15-24(14-21)20-32-9-11-35-12-10-32)16-28(34)26-4-3-22(2)25(17-26)5-6-27-18-31-29-19-30-7-8-33(27)29/h3-4,7-8,13-15,17-19H,9-12,16,20H2,1-2H3. The molecule has 0 atom stereocenters. The van der Waals surface area contributed by atoms with E-state index >= 15 is 0 Å². The lowest BCUT2D eigenvalue weighted by Crippen LogP contribution is -2.35. The zero-order valence-corrected chi connectivity index (χ0v) is 20.1. The molecule has 0 spiro atoms. The van der Waals surface area contributed by atoms with Crippen molar-refractivity contribution in [2.75, 3.05) is 26.3 Å². The lowest BCUT2D eigenvalue weighted by atomic mass is 9.97. The van der Waals surface area contributed by atoms with Crippen LogP contribution in [-0.2, 0) is 17.7 Å². The second kappa shape index (κ2) is 10.2. The van der Waals surface area contributed by atoms with Crippen molar-refractivity contribution < 1.29 is 9.53 Å². The lowest BCUT2D eigenvalue weighted by Gasteiger charge is -2.26. The quantitative estimate of drug-likeness (QED) is 0.330. The van der Waals surface area contributed by atoms with Gasteiger partial charge in [-0.2, -0.15) is 0 Å². The molecule has 0 bridgehead atoms. The van der Waals surface area contributed by atoms with Gasteiger partial charge in [0.25, 0.3) is 0 Å². The Balaban J connectivity index is 1.34. The Morgan fingerprint density at radius 3 is 2.71 bits per heavy atom. The molecule has 1 fully saturated rings. The maximum Gasteiger partial charge on any atom is 0.167 e. The number of carbonyl (C=O) groups is 1. The van der Waals surface area contributed by atoms with Crippen LogP contribution in [-0.4, -0.2) is 51.4 Å². The highest BCUT2D eigenvalue weighted by Gasteiger charge is 2.13. The van der Waals surface area contributed by atoms with Crippen molar-refractivity contribution in [1.82, 2.24) is 19.3 Å². The van der Waals surface area contributed by atoms with Gasteiger partial charge in [0.15, 0.2) is 11.4 Å². The van der Waals surface area contributed by atoms with E-state index in [0.29, 0.717) is 12.0 Å². The second-order valence-electron chi connectivity index (χ2n) is 9.04. The molecule has 6 nitrogen and oxygen atoms in total. The molecule has 176 valence electrons. The van der Waals surface area contributed by atoms with Crippen molar-refractivity contribution in [3.63, 3.8) is 0 Å². The van der Waals surface area contributed by atoms with E-state index in [2.05, 4.69) is 51.8 Å². The zero-order chi connectivity index (χ0) is 24.2. The Hall–Kier alpha value is -3.79. The van der Waals surface area contributed by atoms with Crippen LogP contribution in [0.25, 0.3) is 5.65 Å². The summed E-state index contributed by atoms with van der Waals surface area (Å²) >= 11 is 0. The molecule has 0 saturated carbocycles. The molecule has 0 unspecified atom stereocenters. The fourth-order valence-electron chi connectivity index (χ4n) is 4.44. The summed E-state index contributed by atoms with van der Waals surface area (Å²) in [7, 11) is 0. The Kier molecular flexibility index (Phi) is 6.71. The molecular formula is C29H28N4O2. The van der Waals surface area contributed by atoms with Gasteiger partial charge in [-0.15, -0.1) is 0 Å². The van der Waals surface area contributed by atoms with Crippen LogP contribution in [0.1, 0.15) is 43.9 Å². The van der Waals surface area contributed by atoms with E-state index in [9.17, 15) is 4.79 Å². The van der Waals surface area contributed by atoms with Crippen LogP contribution in [0.15, 0.2) is 61.2 Å². The van der Waals surface area contributed by atoms with Crippen LogP contribution in [0, 0.1) is 25.7 Å². The highest BCUT2D eigenvalue weighted by molar-refractivity contribution is 5.98. The van der Waals surface area contributed by atoms with Crippen LogP contribution in [0.4, 0.5) is 0 Å². The number of nitrogens with zero attached hydrogens (tertiary/aromatic N) is 4. The average molecular weight is 465 g/mol. The highest BCUT2D eigenvalue weighted by atomic mass is 16.5. The molecule has 2 aromatic heterocycles. The summed E-state index contributed by atoms with van der Waals surface area (Å²) in [6, 6.07) is 12.2. The third kappa shape index (κ3) is 5.48. The van der Waals surface area contributed by atoms with E-state index in [-0.39, 0.29) is 5.78 Å². The Labute approximate surface area is 205 Å². The van der Waals surface area contributed by atoms with E-state index in [1.54, 1.807) is 18.6 Å². The van der Waals surface area contributed by atoms with Gasteiger partial charge in [-0.1, -0.05) is 41.8 Å². The van der Waals surface area contributed by atoms with Gasteiger partial charge in [-0.25, -0.2) is 4.98 Å². The van der Waals surface area contributed by atoms with Gasteiger partial charge >= 0.3 is 0 Å². The predicted octanol–water partition coefficient (Wildman–Crippen LogP) is 4.00. The molecule has 0 amide bonds. The first-order valence-corrected chi connectivity index (χ1v) is 11.9. The van der Waals surface area contributed by atoms with E-state index in [0.717, 1.165) is 60.9 Å². The van der Waals surface area contributed by atoms with Crippen LogP contribution >= 0.6 is 0 Å². The van der Waals surface area contributed by atoms with Gasteiger partial charge in [-0.05, 0) is 42.5 Å². The minimum absolute atomic E-state index is 0.0943. The zero-order valence-electron chi connectivity index (χ0n) is 20.1. The Morgan fingerprint density at radius 1 is 1.03 bits per heavy atom. The largest absolute Gasteiger partial charge is 0.379 e.